The number of benzene rings is 1. The van der Waals surface area contributed by atoms with E-state index in [2.05, 4.69) is 17.1 Å². The molecule has 1 aromatic heterocycles. The van der Waals surface area contributed by atoms with Crippen molar-refractivity contribution >= 4 is 16.7 Å². The highest BCUT2D eigenvalue weighted by molar-refractivity contribution is 5.87. The maximum atomic E-state index is 11.7. The predicted molar refractivity (Wildman–Crippen MR) is 69.2 cm³/mol. The molecule has 1 saturated carbocycles. The Morgan fingerprint density at radius 1 is 1.39 bits per heavy atom. The lowest BCUT2D eigenvalue weighted by Gasteiger charge is -2.05. The molecule has 2 aromatic rings. The topological polar surface area (TPSA) is 39.2 Å². The Balaban J connectivity index is 1.91. The predicted octanol–water partition coefficient (Wildman–Crippen LogP) is 2.90. The van der Waals surface area contributed by atoms with Crippen LogP contribution in [-0.2, 0) is 9.53 Å². The van der Waals surface area contributed by atoms with E-state index in [1.807, 2.05) is 31.3 Å². The molecule has 0 saturated heterocycles. The number of aromatic nitrogens is 1. The van der Waals surface area contributed by atoms with Crippen LogP contribution in [0, 0.1) is 5.92 Å². The first-order valence-electron chi connectivity index (χ1n) is 6.31. The molecule has 3 heteroatoms. The number of hydrogen-bond donors (Lipinski definition) is 0. The molecule has 1 heterocycles. The van der Waals surface area contributed by atoms with Crippen molar-refractivity contribution in [1.82, 2.24) is 4.98 Å². The summed E-state index contributed by atoms with van der Waals surface area (Å²) >= 11 is 0. The van der Waals surface area contributed by atoms with E-state index in [1.165, 1.54) is 5.39 Å². The lowest BCUT2D eigenvalue weighted by Crippen LogP contribution is -2.07. The minimum Gasteiger partial charge on any atom is -0.466 e. The number of pyridine rings is 1. The number of ether oxygens (including phenoxy) is 1. The van der Waals surface area contributed by atoms with Crippen LogP contribution in [0.25, 0.3) is 10.8 Å². The first-order chi connectivity index (χ1) is 8.81. The molecular weight excluding hydrogens is 226 g/mol. The van der Waals surface area contributed by atoms with Gasteiger partial charge in [0.15, 0.2) is 0 Å². The fraction of sp³-hybridized carbons (Fsp3) is 0.333. The van der Waals surface area contributed by atoms with E-state index in [0.29, 0.717) is 6.61 Å². The monoisotopic (exact) mass is 241 g/mol. The maximum absolute atomic E-state index is 11.7. The maximum Gasteiger partial charge on any atom is 0.309 e. The molecule has 1 aliphatic carbocycles. The zero-order valence-corrected chi connectivity index (χ0v) is 10.3. The van der Waals surface area contributed by atoms with Gasteiger partial charge in [-0.25, -0.2) is 0 Å². The van der Waals surface area contributed by atoms with E-state index < -0.39 is 0 Å². The Labute approximate surface area is 106 Å². The molecule has 0 bridgehead atoms. The Hall–Kier alpha value is -1.90. The highest BCUT2D eigenvalue weighted by Crippen LogP contribution is 2.49. The third kappa shape index (κ3) is 1.86. The second-order valence-electron chi connectivity index (χ2n) is 4.62. The zero-order chi connectivity index (χ0) is 12.5. The summed E-state index contributed by atoms with van der Waals surface area (Å²) in [5.41, 5.74) is 1.03. The van der Waals surface area contributed by atoms with E-state index in [-0.39, 0.29) is 17.8 Å². The van der Waals surface area contributed by atoms with Gasteiger partial charge < -0.3 is 4.74 Å². The summed E-state index contributed by atoms with van der Waals surface area (Å²) in [7, 11) is 0. The Kier molecular flexibility index (Phi) is 2.74. The van der Waals surface area contributed by atoms with E-state index in [4.69, 9.17) is 4.74 Å². The average molecular weight is 241 g/mol. The van der Waals surface area contributed by atoms with Crippen LogP contribution in [0.3, 0.4) is 0 Å². The molecule has 0 N–H and O–H groups in total. The van der Waals surface area contributed by atoms with Gasteiger partial charge in [0.1, 0.15) is 0 Å². The van der Waals surface area contributed by atoms with Crippen LogP contribution in [0.1, 0.15) is 25.0 Å². The molecule has 0 amide bonds. The Morgan fingerprint density at radius 3 is 3.06 bits per heavy atom. The van der Waals surface area contributed by atoms with Gasteiger partial charge in [0.25, 0.3) is 0 Å². The van der Waals surface area contributed by atoms with Crippen LogP contribution in [0.5, 0.6) is 0 Å². The Bertz CT molecular complexity index is 589. The molecule has 1 aromatic carbocycles. The first-order valence-corrected chi connectivity index (χ1v) is 6.31. The molecule has 1 aliphatic rings. The van der Waals surface area contributed by atoms with Gasteiger partial charge in [0.05, 0.1) is 18.2 Å². The molecule has 1 unspecified atom stereocenters. The SMILES string of the molecule is CCOC(=O)[C@H]1CC1c1nccc2ccccc12. The third-order valence-electron chi connectivity index (χ3n) is 3.44. The van der Waals surface area contributed by atoms with Crippen LogP contribution in [-0.4, -0.2) is 17.6 Å². The van der Waals surface area contributed by atoms with Gasteiger partial charge >= 0.3 is 5.97 Å². The lowest BCUT2D eigenvalue weighted by atomic mass is 10.1. The van der Waals surface area contributed by atoms with Gasteiger partial charge in [-0.1, -0.05) is 24.3 Å². The van der Waals surface area contributed by atoms with Crippen molar-refractivity contribution in [3.05, 3.63) is 42.2 Å². The summed E-state index contributed by atoms with van der Waals surface area (Å²) in [5.74, 6) is 0.149. The quantitative estimate of drug-likeness (QED) is 0.776. The number of rotatable bonds is 3. The smallest absolute Gasteiger partial charge is 0.309 e. The summed E-state index contributed by atoms with van der Waals surface area (Å²) < 4.78 is 5.06. The second-order valence-corrected chi connectivity index (χ2v) is 4.62. The molecular formula is C15H15NO2. The molecule has 92 valence electrons. The number of carbonyl (C=O) groups is 1. The van der Waals surface area contributed by atoms with Crippen LogP contribution >= 0.6 is 0 Å². The van der Waals surface area contributed by atoms with Crippen molar-refractivity contribution in [3.8, 4) is 0 Å². The summed E-state index contributed by atoms with van der Waals surface area (Å²) in [6.45, 7) is 2.29. The molecule has 1 fully saturated rings. The molecule has 0 radical (unpaired) electrons. The molecule has 0 aliphatic heterocycles. The zero-order valence-electron chi connectivity index (χ0n) is 10.3. The van der Waals surface area contributed by atoms with E-state index in [9.17, 15) is 4.79 Å². The first kappa shape index (κ1) is 11.2. The fourth-order valence-electron chi connectivity index (χ4n) is 2.45. The van der Waals surface area contributed by atoms with E-state index in [0.717, 1.165) is 17.5 Å². The Morgan fingerprint density at radius 2 is 2.22 bits per heavy atom. The van der Waals surface area contributed by atoms with E-state index in [1.54, 1.807) is 0 Å². The molecule has 18 heavy (non-hydrogen) atoms. The number of esters is 1. The van der Waals surface area contributed by atoms with Gasteiger partial charge in [-0.2, -0.15) is 0 Å². The van der Waals surface area contributed by atoms with Gasteiger partial charge in [0.2, 0.25) is 0 Å². The number of fused-ring (bicyclic) bond motifs is 1. The summed E-state index contributed by atoms with van der Waals surface area (Å²) in [6.07, 6.45) is 2.68. The summed E-state index contributed by atoms with van der Waals surface area (Å²) in [6, 6.07) is 10.2. The van der Waals surface area contributed by atoms with Crippen molar-refractivity contribution in [1.29, 1.82) is 0 Å². The fourth-order valence-corrected chi connectivity index (χ4v) is 2.45. The van der Waals surface area contributed by atoms with Gasteiger partial charge in [0, 0.05) is 17.5 Å². The highest BCUT2D eigenvalue weighted by atomic mass is 16.5. The van der Waals surface area contributed by atoms with Crippen molar-refractivity contribution in [2.75, 3.05) is 6.61 Å². The summed E-state index contributed by atoms with van der Waals surface area (Å²) in [5, 5.41) is 2.33. The highest BCUT2D eigenvalue weighted by Gasteiger charge is 2.46. The lowest BCUT2D eigenvalue weighted by molar-refractivity contribution is -0.144. The van der Waals surface area contributed by atoms with Crippen LogP contribution in [0.15, 0.2) is 36.5 Å². The van der Waals surface area contributed by atoms with Crippen molar-refractivity contribution in [2.45, 2.75) is 19.3 Å². The normalized spacial score (nSPS) is 21.8. The van der Waals surface area contributed by atoms with E-state index >= 15 is 0 Å². The largest absolute Gasteiger partial charge is 0.466 e. The van der Waals surface area contributed by atoms with Crippen molar-refractivity contribution in [3.63, 3.8) is 0 Å². The second kappa shape index (κ2) is 4.41. The third-order valence-corrected chi connectivity index (χ3v) is 3.44. The standard InChI is InChI=1S/C15H15NO2/c1-2-18-15(17)13-9-12(13)14-11-6-4-3-5-10(11)7-8-16-14/h3-8,12-13H,2,9H2,1H3/t12?,13-/m0/s1. The molecule has 3 nitrogen and oxygen atoms in total. The number of carbonyl (C=O) groups excluding carboxylic acids is 1. The number of nitrogens with zero attached hydrogens (tertiary/aromatic N) is 1. The molecule has 2 atom stereocenters. The van der Waals surface area contributed by atoms with Crippen LogP contribution in [0.2, 0.25) is 0 Å². The average Bonchev–Trinajstić information content (AvgIpc) is 3.18. The number of hydrogen-bond acceptors (Lipinski definition) is 3. The van der Waals surface area contributed by atoms with Gasteiger partial charge in [-0.15, -0.1) is 0 Å². The van der Waals surface area contributed by atoms with Crippen LogP contribution in [0.4, 0.5) is 0 Å². The minimum atomic E-state index is -0.0859. The molecule has 3 rings (SSSR count). The van der Waals surface area contributed by atoms with Crippen molar-refractivity contribution < 1.29 is 9.53 Å². The molecule has 0 spiro atoms. The van der Waals surface area contributed by atoms with Crippen molar-refractivity contribution in [2.24, 2.45) is 5.92 Å². The van der Waals surface area contributed by atoms with Crippen LogP contribution < -0.4 is 0 Å². The minimum absolute atomic E-state index is 0.00301. The summed E-state index contributed by atoms with van der Waals surface area (Å²) in [4.78, 5) is 16.1. The van der Waals surface area contributed by atoms with Gasteiger partial charge in [-0.3, -0.25) is 9.78 Å². The van der Waals surface area contributed by atoms with Gasteiger partial charge in [-0.05, 0) is 24.8 Å².